The second kappa shape index (κ2) is 8.51. The van der Waals surface area contributed by atoms with Crippen LogP contribution in [0.2, 0.25) is 0 Å². The van der Waals surface area contributed by atoms with Crippen LogP contribution in [0.4, 0.5) is 5.69 Å². The predicted octanol–water partition coefficient (Wildman–Crippen LogP) is 4.33. The zero-order valence-corrected chi connectivity index (χ0v) is 18.5. The van der Waals surface area contributed by atoms with Crippen molar-refractivity contribution in [2.75, 3.05) is 11.1 Å². The third kappa shape index (κ3) is 3.64. The van der Waals surface area contributed by atoms with Gasteiger partial charge in [0.2, 0.25) is 17.3 Å². The Bertz CT molecular complexity index is 1320. The largest absolute Gasteiger partial charge is 0.447 e. The fourth-order valence-electron chi connectivity index (χ4n) is 3.66. The van der Waals surface area contributed by atoms with Crippen LogP contribution in [0.3, 0.4) is 0 Å². The molecule has 3 heterocycles. The van der Waals surface area contributed by atoms with E-state index in [1.165, 1.54) is 16.4 Å². The number of anilines is 1. The lowest BCUT2D eigenvalue weighted by atomic mass is 10.1. The molecule has 5 rings (SSSR count). The van der Waals surface area contributed by atoms with Crippen LogP contribution in [-0.2, 0) is 0 Å². The number of nitrogens with zero attached hydrogens (tertiary/aromatic N) is 4. The molecular weight excluding hydrogens is 424 g/mol. The Hall–Kier alpha value is -3.59. The summed E-state index contributed by atoms with van der Waals surface area (Å²) in [6.07, 6.45) is 0.257. The fourth-order valence-corrected chi connectivity index (χ4v) is 4.29. The molecule has 9 heteroatoms. The summed E-state index contributed by atoms with van der Waals surface area (Å²) in [4.78, 5) is 18.0. The van der Waals surface area contributed by atoms with Crippen LogP contribution in [0, 0.1) is 6.92 Å². The van der Waals surface area contributed by atoms with Gasteiger partial charge in [0, 0.05) is 22.7 Å². The summed E-state index contributed by atoms with van der Waals surface area (Å²) in [6, 6.07) is 17.2. The van der Waals surface area contributed by atoms with Gasteiger partial charge in [0.15, 0.2) is 5.69 Å². The van der Waals surface area contributed by atoms with Gasteiger partial charge in [0.05, 0.1) is 5.69 Å². The van der Waals surface area contributed by atoms with Gasteiger partial charge in [-0.2, -0.15) is 4.98 Å². The molecule has 0 bridgehead atoms. The molecule has 32 heavy (non-hydrogen) atoms. The van der Waals surface area contributed by atoms with Crippen molar-refractivity contribution in [1.29, 1.82) is 0 Å². The van der Waals surface area contributed by atoms with Crippen LogP contribution in [0.5, 0.6) is 5.88 Å². The number of hydrogen-bond acceptors (Lipinski definition) is 7. The van der Waals surface area contributed by atoms with Crippen LogP contribution < -0.4 is 15.6 Å². The zero-order chi connectivity index (χ0) is 22.1. The molecule has 0 radical (unpaired) electrons. The number of hydrogen-bond donors (Lipinski definition) is 2. The van der Waals surface area contributed by atoms with Crippen molar-refractivity contribution < 1.29 is 4.74 Å². The van der Waals surface area contributed by atoms with E-state index in [4.69, 9.17) is 4.74 Å². The molecule has 0 saturated heterocycles. The number of fused-ring (bicyclic) bond motifs is 3. The second-order valence-electron chi connectivity index (χ2n) is 7.41. The summed E-state index contributed by atoms with van der Waals surface area (Å²) in [6.45, 7) is 3.96. The van der Waals surface area contributed by atoms with Gasteiger partial charge in [-0.3, -0.25) is 9.89 Å². The van der Waals surface area contributed by atoms with Crippen molar-refractivity contribution in [1.82, 2.24) is 25.0 Å². The van der Waals surface area contributed by atoms with Gasteiger partial charge in [-0.1, -0.05) is 55.1 Å². The van der Waals surface area contributed by atoms with Crippen molar-refractivity contribution >= 4 is 17.4 Å². The van der Waals surface area contributed by atoms with E-state index < -0.39 is 6.23 Å². The lowest BCUT2D eigenvalue weighted by Gasteiger charge is -2.17. The van der Waals surface area contributed by atoms with E-state index in [0.717, 1.165) is 29.1 Å². The number of para-hydroxylation sites is 2. The van der Waals surface area contributed by atoms with Gasteiger partial charge < -0.3 is 10.1 Å². The van der Waals surface area contributed by atoms with Gasteiger partial charge in [0.1, 0.15) is 5.56 Å². The minimum atomic E-state index is -0.744. The highest BCUT2D eigenvalue weighted by atomic mass is 32.2. The lowest BCUT2D eigenvalue weighted by molar-refractivity contribution is 0.223. The summed E-state index contributed by atoms with van der Waals surface area (Å²) < 4.78 is 7.81. The molecule has 1 aliphatic heterocycles. The first-order valence-electron chi connectivity index (χ1n) is 10.4. The first-order chi connectivity index (χ1) is 15.7. The average molecular weight is 447 g/mol. The number of aryl methyl sites for hydroxylation is 1. The Morgan fingerprint density at radius 1 is 1.09 bits per heavy atom. The van der Waals surface area contributed by atoms with Gasteiger partial charge >= 0.3 is 0 Å². The van der Waals surface area contributed by atoms with Crippen LogP contribution in [0.25, 0.3) is 16.9 Å². The number of rotatable bonds is 5. The van der Waals surface area contributed by atoms with Crippen LogP contribution >= 0.6 is 11.8 Å². The Labute approximate surface area is 189 Å². The summed E-state index contributed by atoms with van der Waals surface area (Å²) in [7, 11) is 0. The van der Waals surface area contributed by atoms with Crippen LogP contribution in [0.15, 0.2) is 64.5 Å². The van der Waals surface area contributed by atoms with Crippen molar-refractivity contribution in [3.63, 3.8) is 0 Å². The molecule has 0 saturated carbocycles. The molecule has 1 atom stereocenters. The normalized spacial score (nSPS) is 14.6. The highest BCUT2D eigenvalue weighted by Crippen LogP contribution is 2.39. The van der Waals surface area contributed by atoms with E-state index in [0.29, 0.717) is 28.0 Å². The quantitative estimate of drug-likeness (QED) is 0.440. The standard InChI is InChI=1S/C23H22N6O2S/c1-3-13-32-23-25-21-19(26-27-23)16-11-7-8-12-17(16)24-20(31-21)18-14(2)28-29(22(18)30)15-9-5-4-6-10-15/h4-12,20,24,28H,3,13H2,1-2H3/t20-/m0/s1. The smallest absolute Gasteiger partial charge is 0.280 e. The fraction of sp³-hybridized carbons (Fsp3) is 0.217. The summed E-state index contributed by atoms with van der Waals surface area (Å²) in [5, 5.41) is 15.8. The highest BCUT2D eigenvalue weighted by Gasteiger charge is 2.30. The lowest BCUT2D eigenvalue weighted by Crippen LogP contribution is -2.26. The maximum absolute atomic E-state index is 13.4. The Kier molecular flexibility index (Phi) is 5.40. The third-order valence-corrected chi connectivity index (χ3v) is 6.21. The van der Waals surface area contributed by atoms with Crippen LogP contribution in [0.1, 0.15) is 30.8 Å². The Balaban J connectivity index is 1.62. The van der Waals surface area contributed by atoms with Crippen molar-refractivity contribution in [2.24, 2.45) is 0 Å². The molecule has 0 fully saturated rings. The van der Waals surface area contributed by atoms with Crippen LogP contribution in [-0.4, -0.2) is 30.7 Å². The molecule has 0 aliphatic carbocycles. The first-order valence-corrected chi connectivity index (χ1v) is 11.4. The summed E-state index contributed by atoms with van der Waals surface area (Å²) in [5.41, 5.74) is 3.94. The number of aromatic amines is 1. The zero-order valence-electron chi connectivity index (χ0n) is 17.7. The molecule has 2 N–H and O–H groups in total. The van der Waals surface area contributed by atoms with Crippen molar-refractivity contribution in [2.45, 2.75) is 31.7 Å². The SMILES string of the molecule is CCCSc1nnc2c(n1)O[C@@H](c1c(C)[nH]n(-c3ccccc3)c1=O)Nc1ccccc1-2. The van der Waals surface area contributed by atoms with Gasteiger partial charge in [-0.15, -0.1) is 10.2 Å². The maximum atomic E-state index is 13.4. The number of benzene rings is 2. The molecule has 8 nitrogen and oxygen atoms in total. The third-order valence-electron chi connectivity index (χ3n) is 5.16. The van der Waals surface area contributed by atoms with Crippen molar-refractivity contribution in [3.05, 3.63) is 76.2 Å². The van der Waals surface area contributed by atoms with Crippen molar-refractivity contribution in [3.8, 4) is 22.8 Å². The number of thioether (sulfide) groups is 1. The van der Waals surface area contributed by atoms with E-state index in [-0.39, 0.29) is 5.56 Å². The average Bonchev–Trinajstić information content (AvgIpc) is 3.02. The maximum Gasteiger partial charge on any atom is 0.280 e. The van der Waals surface area contributed by atoms with E-state index >= 15 is 0 Å². The molecule has 2 aromatic carbocycles. The number of nitrogens with one attached hydrogen (secondary N) is 2. The number of ether oxygens (including phenoxy) is 1. The Morgan fingerprint density at radius 3 is 2.69 bits per heavy atom. The Morgan fingerprint density at radius 2 is 1.88 bits per heavy atom. The topological polar surface area (TPSA) is 97.7 Å². The molecule has 4 aromatic rings. The van der Waals surface area contributed by atoms with E-state index in [2.05, 4.69) is 32.5 Å². The van der Waals surface area contributed by atoms with E-state index in [1.54, 1.807) is 0 Å². The monoisotopic (exact) mass is 446 g/mol. The molecule has 0 amide bonds. The minimum absolute atomic E-state index is 0.185. The summed E-state index contributed by atoms with van der Waals surface area (Å²) >= 11 is 1.53. The molecule has 2 aromatic heterocycles. The highest BCUT2D eigenvalue weighted by molar-refractivity contribution is 7.99. The molecular formula is C23H22N6O2S. The first kappa shape index (κ1) is 20.3. The minimum Gasteiger partial charge on any atom is -0.447 e. The number of aromatic nitrogens is 5. The van der Waals surface area contributed by atoms with Gasteiger partial charge in [-0.05, 0) is 31.5 Å². The molecule has 0 spiro atoms. The second-order valence-corrected chi connectivity index (χ2v) is 8.47. The van der Waals surface area contributed by atoms with E-state index in [1.807, 2.05) is 61.5 Å². The van der Waals surface area contributed by atoms with Gasteiger partial charge in [-0.25, -0.2) is 4.68 Å². The summed E-state index contributed by atoms with van der Waals surface area (Å²) in [5.74, 6) is 1.24. The van der Waals surface area contributed by atoms with Gasteiger partial charge in [0.25, 0.3) is 5.56 Å². The van der Waals surface area contributed by atoms with E-state index in [9.17, 15) is 4.79 Å². The predicted molar refractivity (Wildman–Crippen MR) is 124 cm³/mol. The molecule has 0 unspecified atom stereocenters. The molecule has 1 aliphatic rings. The molecule has 162 valence electrons. The number of H-pyrrole nitrogens is 1.